The molecule has 1 saturated heterocycles. The number of hydrogen-bond acceptors (Lipinski definition) is 5. The Morgan fingerprint density at radius 3 is 2.16 bits per heavy atom. The van der Waals surface area contributed by atoms with E-state index in [9.17, 15) is 35.8 Å². The zero-order valence-corrected chi connectivity index (χ0v) is 17.0. The number of alkyl halides is 7. The number of benzene rings is 1. The minimum absolute atomic E-state index is 0.00372. The summed E-state index contributed by atoms with van der Waals surface area (Å²) in [5, 5.41) is 14.0. The third-order valence-corrected chi connectivity index (χ3v) is 4.71. The van der Waals surface area contributed by atoms with Crippen molar-refractivity contribution in [1.29, 1.82) is 0 Å². The van der Waals surface area contributed by atoms with Crippen LogP contribution in [-0.2, 0) is 12.4 Å². The highest BCUT2D eigenvalue weighted by Gasteiger charge is 2.45. The molecule has 1 aliphatic heterocycles. The molecule has 0 amide bonds. The van der Waals surface area contributed by atoms with Crippen molar-refractivity contribution in [1.82, 2.24) is 24.6 Å². The number of likely N-dealkylation sites (tertiary alicyclic amines) is 1. The number of aliphatic hydroxyl groups is 1. The first kappa shape index (κ1) is 24.1. The maximum absolute atomic E-state index is 14.3. The molecule has 1 aromatic carbocycles. The van der Waals surface area contributed by atoms with Gasteiger partial charge in [0.2, 0.25) is 0 Å². The fraction of sp³-hybridized carbons (Fsp3) is 0.474. The van der Waals surface area contributed by atoms with Gasteiger partial charge in [-0.2, -0.15) is 26.3 Å². The van der Waals surface area contributed by atoms with Crippen molar-refractivity contribution in [2.45, 2.75) is 24.2 Å². The molecule has 1 N–H and O–H groups in total. The van der Waals surface area contributed by atoms with Gasteiger partial charge in [-0.1, -0.05) is 0 Å². The van der Waals surface area contributed by atoms with Gasteiger partial charge in [0.05, 0.1) is 11.1 Å². The van der Waals surface area contributed by atoms with Crippen molar-refractivity contribution < 1.29 is 35.8 Å². The fourth-order valence-corrected chi connectivity index (χ4v) is 3.39. The van der Waals surface area contributed by atoms with E-state index < -0.39 is 40.9 Å². The number of aliphatic hydroxyl groups excluding tert-OH is 1. The van der Waals surface area contributed by atoms with Crippen molar-refractivity contribution in [2.75, 3.05) is 33.7 Å². The van der Waals surface area contributed by atoms with Crippen LogP contribution >= 0.6 is 0 Å². The van der Waals surface area contributed by atoms with E-state index in [1.807, 2.05) is 0 Å². The topological polar surface area (TPSA) is 57.4 Å². The molecule has 0 aliphatic carbocycles. The second-order valence-corrected chi connectivity index (χ2v) is 7.89. The molecule has 0 spiro atoms. The molecule has 2 heterocycles. The van der Waals surface area contributed by atoms with E-state index >= 15 is 0 Å². The molecular weight excluding hydrogens is 447 g/mol. The Morgan fingerprint density at radius 1 is 1.09 bits per heavy atom. The van der Waals surface area contributed by atoms with Crippen LogP contribution in [0.3, 0.4) is 0 Å². The first-order chi connectivity index (χ1) is 14.7. The van der Waals surface area contributed by atoms with Gasteiger partial charge in [-0.3, -0.25) is 4.90 Å². The molecule has 1 unspecified atom stereocenters. The van der Waals surface area contributed by atoms with Crippen LogP contribution < -0.4 is 0 Å². The maximum Gasteiger partial charge on any atom is 0.416 e. The Kier molecular flexibility index (Phi) is 6.37. The molecule has 2 aromatic rings. The van der Waals surface area contributed by atoms with Crippen LogP contribution in [-0.4, -0.2) is 75.3 Å². The number of hydrogen-bond donors (Lipinski definition) is 1. The third-order valence-electron chi connectivity index (χ3n) is 4.71. The Morgan fingerprint density at radius 2 is 1.66 bits per heavy atom. The van der Waals surface area contributed by atoms with E-state index in [-0.39, 0.29) is 31.5 Å². The highest BCUT2D eigenvalue weighted by molar-refractivity contribution is 5.58. The molecule has 3 rings (SSSR count). The molecular formula is C19H20F7N5O. The smallest absolute Gasteiger partial charge is 0.375 e. The van der Waals surface area contributed by atoms with Crippen molar-refractivity contribution >= 4 is 6.20 Å². The van der Waals surface area contributed by atoms with E-state index in [0.717, 1.165) is 11.0 Å². The van der Waals surface area contributed by atoms with Crippen LogP contribution in [0.15, 0.2) is 30.6 Å². The SMILES string of the molecule is CN(C)CC1(F)CN(C(O)/C=C\n2cnc(-c3cc(C(F)(F)F)cc(C(F)(F)F)c3)n2)C1. The Labute approximate surface area is 178 Å². The van der Waals surface area contributed by atoms with E-state index in [1.54, 1.807) is 19.0 Å². The van der Waals surface area contributed by atoms with Crippen LogP contribution in [0.5, 0.6) is 0 Å². The van der Waals surface area contributed by atoms with E-state index in [2.05, 4.69) is 10.1 Å². The van der Waals surface area contributed by atoms with Gasteiger partial charge < -0.3 is 10.0 Å². The first-order valence-corrected chi connectivity index (χ1v) is 9.31. The number of halogens is 7. The monoisotopic (exact) mass is 467 g/mol. The molecule has 6 nitrogen and oxygen atoms in total. The Bertz CT molecular complexity index is 945. The van der Waals surface area contributed by atoms with Gasteiger partial charge in [-0.15, -0.1) is 5.10 Å². The Balaban J connectivity index is 1.75. The predicted octanol–water partition coefficient (Wildman–Crippen LogP) is 3.36. The molecule has 1 aromatic heterocycles. The zero-order valence-electron chi connectivity index (χ0n) is 17.0. The standard InChI is InChI=1S/C19H20F7N5O/c1-29(2)8-17(20)9-30(10-17)15(32)3-4-31-11-27-16(28-31)12-5-13(18(21,22)23)7-14(6-12)19(24,25)26/h3-7,11,15,32H,8-10H2,1-2H3/b4-3-. The quantitative estimate of drug-likeness (QED) is 0.661. The maximum atomic E-state index is 14.3. The normalized spacial score (nSPS) is 18.3. The third kappa shape index (κ3) is 5.64. The first-order valence-electron chi connectivity index (χ1n) is 9.31. The molecule has 0 radical (unpaired) electrons. The largest absolute Gasteiger partial charge is 0.416 e. The summed E-state index contributed by atoms with van der Waals surface area (Å²) >= 11 is 0. The minimum atomic E-state index is -4.99. The summed E-state index contributed by atoms with van der Waals surface area (Å²) in [6, 6.07) is 1.07. The van der Waals surface area contributed by atoms with Crippen LogP contribution in [0.4, 0.5) is 30.7 Å². The summed E-state index contributed by atoms with van der Waals surface area (Å²) in [5.74, 6) is -0.363. The van der Waals surface area contributed by atoms with Gasteiger partial charge in [0.1, 0.15) is 18.2 Å². The summed E-state index contributed by atoms with van der Waals surface area (Å²) in [4.78, 5) is 6.88. The Hall–Kier alpha value is -2.51. The molecule has 1 aliphatic rings. The van der Waals surface area contributed by atoms with Gasteiger partial charge in [0.25, 0.3) is 0 Å². The summed E-state index contributed by atoms with van der Waals surface area (Å²) in [6.07, 6.45) is -7.59. The number of aromatic nitrogens is 3. The van der Waals surface area contributed by atoms with Gasteiger partial charge >= 0.3 is 12.4 Å². The van der Waals surface area contributed by atoms with Gasteiger partial charge in [0, 0.05) is 31.4 Å². The fourth-order valence-electron chi connectivity index (χ4n) is 3.39. The summed E-state index contributed by atoms with van der Waals surface area (Å²) < 4.78 is 93.5. The molecule has 0 saturated carbocycles. The van der Waals surface area contributed by atoms with E-state index in [4.69, 9.17) is 0 Å². The molecule has 1 fully saturated rings. The van der Waals surface area contributed by atoms with Crippen molar-refractivity contribution in [3.8, 4) is 11.4 Å². The van der Waals surface area contributed by atoms with Crippen LogP contribution in [0.2, 0.25) is 0 Å². The van der Waals surface area contributed by atoms with Gasteiger partial charge in [-0.05, 0) is 38.4 Å². The average molecular weight is 467 g/mol. The lowest BCUT2D eigenvalue weighted by molar-refractivity contribution is -0.143. The lowest BCUT2D eigenvalue weighted by Gasteiger charge is -2.47. The van der Waals surface area contributed by atoms with Crippen LogP contribution in [0.1, 0.15) is 11.1 Å². The average Bonchev–Trinajstić information content (AvgIpc) is 3.11. The van der Waals surface area contributed by atoms with Crippen LogP contribution in [0, 0.1) is 0 Å². The lowest BCUT2D eigenvalue weighted by Crippen LogP contribution is -2.65. The van der Waals surface area contributed by atoms with Crippen LogP contribution in [0.25, 0.3) is 17.6 Å². The number of nitrogens with zero attached hydrogens (tertiary/aromatic N) is 5. The van der Waals surface area contributed by atoms with Crippen molar-refractivity contribution in [3.63, 3.8) is 0 Å². The predicted molar refractivity (Wildman–Crippen MR) is 101 cm³/mol. The molecule has 0 bridgehead atoms. The summed E-state index contributed by atoms with van der Waals surface area (Å²) in [7, 11) is 3.45. The van der Waals surface area contributed by atoms with Gasteiger partial charge in [0.15, 0.2) is 5.82 Å². The van der Waals surface area contributed by atoms with Gasteiger partial charge in [-0.25, -0.2) is 14.1 Å². The minimum Gasteiger partial charge on any atom is -0.375 e. The molecule has 1 atom stereocenters. The van der Waals surface area contributed by atoms with Crippen molar-refractivity contribution in [3.05, 3.63) is 41.7 Å². The molecule has 32 heavy (non-hydrogen) atoms. The summed E-state index contributed by atoms with van der Waals surface area (Å²) in [5.41, 5.74) is -4.86. The van der Waals surface area contributed by atoms with E-state index in [1.165, 1.54) is 17.2 Å². The number of rotatable bonds is 6. The highest BCUT2D eigenvalue weighted by atomic mass is 19.4. The molecule has 176 valence electrons. The van der Waals surface area contributed by atoms with Crippen molar-refractivity contribution in [2.24, 2.45) is 0 Å². The van der Waals surface area contributed by atoms with E-state index in [0.29, 0.717) is 12.1 Å². The second kappa shape index (κ2) is 8.45. The lowest BCUT2D eigenvalue weighted by atomic mass is 9.95. The highest BCUT2D eigenvalue weighted by Crippen LogP contribution is 2.38. The molecule has 13 heteroatoms. The summed E-state index contributed by atoms with van der Waals surface area (Å²) in [6.45, 7) is 0.205. The zero-order chi connectivity index (χ0) is 23.9. The second-order valence-electron chi connectivity index (χ2n) is 7.89.